The molecule has 3 aromatic rings. The third-order valence-corrected chi connectivity index (χ3v) is 3.87. The largest absolute Gasteiger partial charge is 0.513 e. The molecule has 0 spiro atoms. The van der Waals surface area contributed by atoms with E-state index < -0.39 is 12.0 Å². The summed E-state index contributed by atoms with van der Waals surface area (Å²) in [6, 6.07) is 5.08. The van der Waals surface area contributed by atoms with Crippen molar-refractivity contribution in [2.24, 2.45) is 0 Å². The van der Waals surface area contributed by atoms with E-state index in [4.69, 9.17) is 21.1 Å². The minimum Gasteiger partial charge on any atom is -0.504 e. The van der Waals surface area contributed by atoms with Gasteiger partial charge in [-0.1, -0.05) is 11.6 Å². The molecule has 0 atom stereocenters. The van der Waals surface area contributed by atoms with E-state index in [1.807, 2.05) is 0 Å². The lowest BCUT2D eigenvalue weighted by atomic mass is 10.2. The maximum atomic E-state index is 14.3. The van der Waals surface area contributed by atoms with E-state index in [2.05, 4.69) is 20.0 Å². The average Bonchev–Trinajstić information content (AvgIpc) is 2.65. The van der Waals surface area contributed by atoms with Crippen LogP contribution in [0, 0.1) is 5.82 Å². The second-order valence-electron chi connectivity index (χ2n) is 5.21. The Morgan fingerprint density at radius 1 is 1.19 bits per heavy atom. The van der Waals surface area contributed by atoms with Crippen molar-refractivity contribution in [1.29, 1.82) is 0 Å². The van der Waals surface area contributed by atoms with Crippen LogP contribution in [0.3, 0.4) is 0 Å². The van der Waals surface area contributed by atoms with Crippen LogP contribution in [0.15, 0.2) is 30.6 Å². The zero-order valence-electron chi connectivity index (χ0n) is 14.1. The molecule has 0 aliphatic carbocycles. The van der Waals surface area contributed by atoms with Gasteiger partial charge in [-0.25, -0.2) is 19.2 Å². The summed E-state index contributed by atoms with van der Waals surface area (Å²) in [7, 11) is 2.53. The molecule has 0 amide bonds. The molecule has 140 valence electrons. The number of nitrogens with one attached hydrogen (secondary N) is 1. The highest BCUT2D eigenvalue weighted by Crippen LogP contribution is 2.36. The molecule has 27 heavy (non-hydrogen) atoms. The van der Waals surface area contributed by atoms with Crippen molar-refractivity contribution in [3.8, 4) is 17.2 Å². The van der Waals surface area contributed by atoms with E-state index in [-0.39, 0.29) is 33.8 Å². The molecule has 0 unspecified atom stereocenters. The molecular weight excluding hydrogens is 381 g/mol. The van der Waals surface area contributed by atoms with Gasteiger partial charge in [-0.3, -0.25) is 0 Å². The van der Waals surface area contributed by atoms with Crippen molar-refractivity contribution in [2.45, 2.75) is 0 Å². The fourth-order valence-electron chi connectivity index (χ4n) is 2.30. The van der Waals surface area contributed by atoms with Gasteiger partial charge in [0.05, 0.1) is 30.4 Å². The number of nitrogens with zero attached hydrogens (tertiary/aromatic N) is 2. The number of phenolic OH excluding ortho intramolecular Hbond substituents is 1. The summed E-state index contributed by atoms with van der Waals surface area (Å²) in [5, 5.41) is 13.0. The van der Waals surface area contributed by atoms with Crippen LogP contribution >= 0.6 is 11.6 Å². The lowest BCUT2D eigenvalue weighted by Gasteiger charge is -2.13. The average molecular weight is 394 g/mol. The lowest BCUT2D eigenvalue weighted by molar-refractivity contribution is 0.121. The van der Waals surface area contributed by atoms with Gasteiger partial charge in [0.25, 0.3) is 0 Å². The quantitative estimate of drug-likeness (QED) is 0.506. The van der Waals surface area contributed by atoms with Crippen LogP contribution in [-0.4, -0.2) is 35.4 Å². The number of anilines is 2. The summed E-state index contributed by atoms with van der Waals surface area (Å²) >= 11 is 5.89. The summed E-state index contributed by atoms with van der Waals surface area (Å²) in [4.78, 5) is 19.4. The van der Waals surface area contributed by atoms with Gasteiger partial charge in [0.2, 0.25) is 0 Å². The van der Waals surface area contributed by atoms with Crippen LogP contribution in [0.1, 0.15) is 0 Å². The fraction of sp³-hybridized carbons (Fsp3) is 0.118. The number of aromatic hydroxyl groups is 1. The molecule has 1 aromatic heterocycles. The van der Waals surface area contributed by atoms with E-state index in [1.54, 1.807) is 0 Å². The van der Waals surface area contributed by atoms with Gasteiger partial charge >= 0.3 is 6.16 Å². The fourth-order valence-corrected chi connectivity index (χ4v) is 2.49. The Kier molecular flexibility index (Phi) is 5.13. The van der Waals surface area contributed by atoms with Crippen LogP contribution in [0.2, 0.25) is 5.02 Å². The molecule has 0 aliphatic rings. The number of carbonyl (C=O) groups is 1. The molecule has 10 heteroatoms. The molecule has 3 rings (SSSR count). The zero-order chi connectivity index (χ0) is 19.6. The number of hydrogen-bond acceptors (Lipinski definition) is 8. The lowest BCUT2D eigenvalue weighted by Crippen LogP contribution is -2.08. The highest BCUT2D eigenvalue weighted by Gasteiger charge is 2.16. The van der Waals surface area contributed by atoms with E-state index in [9.17, 15) is 14.3 Å². The van der Waals surface area contributed by atoms with E-state index in [0.717, 1.165) is 13.2 Å². The maximum absolute atomic E-state index is 14.3. The number of fused-ring (bicyclic) bond motifs is 1. The third-order valence-electron chi connectivity index (χ3n) is 3.57. The van der Waals surface area contributed by atoms with Crippen molar-refractivity contribution in [3.05, 3.63) is 41.4 Å². The van der Waals surface area contributed by atoms with Crippen molar-refractivity contribution < 1.29 is 28.5 Å². The normalized spacial score (nSPS) is 10.5. The van der Waals surface area contributed by atoms with Gasteiger partial charge in [-0.15, -0.1) is 0 Å². The Morgan fingerprint density at radius 2 is 1.96 bits per heavy atom. The molecule has 1 heterocycles. The number of methoxy groups -OCH3 is 2. The first-order valence-electron chi connectivity index (χ1n) is 7.46. The highest BCUT2D eigenvalue weighted by atomic mass is 35.5. The number of benzene rings is 2. The van der Waals surface area contributed by atoms with E-state index in [0.29, 0.717) is 10.9 Å². The second-order valence-corrected chi connectivity index (χ2v) is 5.61. The minimum absolute atomic E-state index is 0.0506. The Labute approximate surface area is 157 Å². The van der Waals surface area contributed by atoms with Gasteiger partial charge in [-0.05, 0) is 12.1 Å². The molecule has 8 nitrogen and oxygen atoms in total. The standard InChI is InChI=1S/C17H13ClFN3O5/c1-25-15-3-8-11(5-13(15)23)20-7-21-16(8)22-12-6-14(27-17(24)26-2)9(18)4-10(12)19/h3-7,23H,1-2H3,(H,20,21,22). The van der Waals surface area contributed by atoms with Crippen molar-refractivity contribution >= 4 is 40.2 Å². The highest BCUT2D eigenvalue weighted by molar-refractivity contribution is 6.32. The predicted octanol–water partition coefficient (Wildman–Crippen LogP) is 4.03. The molecular formula is C17H13ClFN3O5. The van der Waals surface area contributed by atoms with Gasteiger partial charge < -0.3 is 24.6 Å². The van der Waals surface area contributed by atoms with Crippen molar-refractivity contribution in [1.82, 2.24) is 9.97 Å². The van der Waals surface area contributed by atoms with E-state index in [1.165, 1.54) is 31.6 Å². The SMILES string of the molecule is COC(=O)Oc1cc(Nc2ncnc3cc(O)c(OC)cc23)c(F)cc1Cl. The number of carbonyl (C=O) groups excluding carboxylic acids is 1. The molecule has 0 radical (unpaired) electrons. The molecule has 0 fully saturated rings. The van der Waals surface area contributed by atoms with Gasteiger partial charge in [0.1, 0.15) is 18.0 Å². The van der Waals surface area contributed by atoms with E-state index >= 15 is 0 Å². The summed E-state index contributed by atoms with van der Waals surface area (Å²) in [6.45, 7) is 0. The Bertz CT molecular complexity index is 1030. The first-order chi connectivity index (χ1) is 12.9. The first-order valence-corrected chi connectivity index (χ1v) is 7.84. The smallest absolute Gasteiger partial charge is 0.504 e. The molecule has 0 saturated carbocycles. The van der Waals surface area contributed by atoms with Crippen LogP contribution in [0.4, 0.5) is 20.7 Å². The zero-order valence-corrected chi connectivity index (χ0v) is 14.9. The Balaban J connectivity index is 2.04. The predicted molar refractivity (Wildman–Crippen MR) is 95.5 cm³/mol. The summed E-state index contributed by atoms with van der Waals surface area (Å²) in [6.07, 6.45) is 0.248. The molecule has 0 aliphatic heterocycles. The second kappa shape index (κ2) is 7.50. The number of phenols is 1. The minimum atomic E-state index is -0.998. The summed E-state index contributed by atoms with van der Waals surface area (Å²) < 4.78 is 28.7. The summed E-state index contributed by atoms with van der Waals surface area (Å²) in [5.41, 5.74) is 0.358. The molecule has 0 bridgehead atoms. The van der Waals surface area contributed by atoms with Crippen molar-refractivity contribution in [3.63, 3.8) is 0 Å². The van der Waals surface area contributed by atoms with Gasteiger partial charge in [0, 0.05) is 17.5 Å². The Morgan fingerprint density at radius 3 is 2.67 bits per heavy atom. The molecule has 2 N–H and O–H groups in total. The van der Waals surface area contributed by atoms with Crippen LogP contribution in [0.5, 0.6) is 17.2 Å². The monoisotopic (exact) mass is 393 g/mol. The molecule has 0 saturated heterocycles. The maximum Gasteiger partial charge on any atom is 0.513 e. The first kappa shape index (κ1) is 18.5. The van der Waals surface area contributed by atoms with Gasteiger partial charge in [-0.2, -0.15) is 0 Å². The number of aromatic nitrogens is 2. The van der Waals surface area contributed by atoms with Crippen LogP contribution in [0.25, 0.3) is 10.9 Å². The Hall–Kier alpha value is -3.33. The number of rotatable bonds is 4. The third kappa shape index (κ3) is 3.77. The number of hydrogen-bond donors (Lipinski definition) is 2. The summed E-state index contributed by atoms with van der Waals surface area (Å²) in [5.74, 6) is -0.452. The van der Waals surface area contributed by atoms with Gasteiger partial charge in [0.15, 0.2) is 17.2 Å². The van der Waals surface area contributed by atoms with Crippen molar-refractivity contribution in [2.75, 3.05) is 19.5 Å². The number of halogens is 2. The molecule has 2 aromatic carbocycles. The van der Waals surface area contributed by atoms with Crippen LogP contribution < -0.4 is 14.8 Å². The van der Waals surface area contributed by atoms with Crippen LogP contribution in [-0.2, 0) is 4.74 Å². The number of ether oxygens (including phenoxy) is 3. The topological polar surface area (TPSA) is 103 Å².